The third kappa shape index (κ3) is 6.22. The van der Waals surface area contributed by atoms with Gasteiger partial charge in [-0.3, -0.25) is 19.3 Å². The second kappa shape index (κ2) is 11.7. The number of amides is 3. The van der Waals surface area contributed by atoms with Gasteiger partial charge in [0.15, 0.2) is 0 Å². The van der Waals surface area contributed by atoms with Crippen LogP contribution in [-0.4, -0.2) is 45.5 Å². The summed E-state index contributed by atoms with van der Waals surface area (Å²) in [4.78, 5) is 51.5. The summed E-state index contributed by atoms with van der Waals surface area (Å²) < 4.78 is 0. The molecule has 3 rings (SSSR count). The first-order chi connectivity index (χ1) is 15.9. The number of carboxylic acids is 1. The summed E-state index contributed by atoms with van der Waals surface area (Å²) in [5.41, 5.74) is 1.72. The van der Waals surface area contributed by atoms with Crippen LogP contribution in [0.15, 0.2) is 60.7 Å². The number of likely N-dealkylation sites (tertiary alicyclic amines) is 1. The van der Waals surface area contributed by atoms with Crippen LogP contribution in [-0.2, 0) is 24.9 Å². The Bertz CT molecular complexity index is 983. The molecule has 2 unspecified atom stereocenters. The number of nitrogens with zero attached hydrogens (tertiary/aromatic N) is 1. The predicted octanol–water partition coefficient (Wildman–Crippen LogP) is 3.80. The van der Waals surface area contributed by atoms with Crippen LogP contribution < -0.4 is 5.32 Å². The van der Waals surface area contributed by atoms with E-state index in [1.165, 1.54) is 11.8 Å². The average molecular weight is 469 g/mol. The van der Waals surface area contributed by atoms with Gasteiger partial charge in [0.25, 0.3) is 0 Å². The molecule has 8 heteroatoms. The second-order valence-electron chi connectivity index (χ2n) is 7.97. The molecule has 2 aromatic rings. The Morgan fingerprint density at radius 2 is 1.70 bits per heavy atom. The van der Waals surface area contributed by atoms with Gasteiger partial charge in [-0.15, -0.1) is 0 Å². The van der Waals surface area contributed by atoms with Crippen LogP contribution in [0.3, 0.4) is 0 Å². The lowest BCUT2D eigenvalue weighted by molar-refractivity contribution is -0.157. The van der Waals surface area contributed by atoms with E-state index in [0.29, 0.717) is 23.6 Å². The Hall–Kier alpha value is -3.13. The molecule has 174 valence electrons. The van der Waals surface area contributed by atoms with Crippen molar-refractivity contribution in [3.63, 3.8) is 0 Å². The van der Waals surface area contributed by atoms with Gasteiger partial charge in [-0.2, -0.15) is 11.8 Å². The van der Waals surface area contributed by atoms with Crippen molar-refractivity contribution in [1.29, 1.82) is 0 Å². The summed E-state index contributed by atoms with van der Waals surface area (Å²) in [6, 6.07) is 17.6. The SMILES string of the molecule is CCC(C(=O)N1C(=O)CC[C@H]1C(=O)O)C(CSCc1ccccc1)C(=O)Nc1ccccc1. The van der Waals surface area contributed by atoms with Crippen molar-refractivity contribution in [3.05, 3.63) is 66.2 Å². The molecular weight excluding hydrogens is 440 g/mol. The Labute approximate surface area is 197 Å². The molecule has 2 N–H and O–H groups in total. The van der Waals surface area contributed by atoms with Crippen molar-refractivity contribution in [3.8, 4) is 0 Å². The minimum absolute atomic E-state index is 0.0166. The van der Waals surface area contributed by atoms with Crippen molar-refractivity contribution in [2.75, 3.05) is 11.1 Å². The quantitative estimate of drug-likeness (QED) is 0.550. The van der Waals surface area contributed by atoms with Crippen LogP contribution >= 0.6 is 11.8 Å². The number of hydrogen-bond donors (Lipinski definition) is 2. The highest BCUT2D eigenvalue weighted by Crippen LogP contribution is 2.30. The van der Waals surface area contributed by atoms with E-state index in [1.54, 1.807) is 31.2 Å². The summed E-state index contributed by atoms with van der Waals surface area (Å²) >= 11 is 1.53. The van der Waals surface area contributed by atoms with Gasteiger partial charge in [-0.05, 0) is 30.5 Å². The second-order valence-corrected chi connectivity index (χ2v) is 9.00. The largest absolute Gasteiger partial charge is 0.480 e. The van der Waals surface area contributed by atoms with Crippen molar-refractivity contribution in [1.82, 2.24) is 4.90 Å². The van der Waals surface area contributed by atoms with Gasteiger partial charge in [0, 0.05) is 23.6 Å². The molecule has 1 aliphatic heterocycles. The van der Waals surface area contributed by atoms with E-state index in [9.17, 15) is 24.3 Å². The maximum Gasteiger partial charge on any atom is 0.326 e. The number of carbonyl (C=O) groups excluding carboxylic acids is 3. The highest BCUT2D eigenvalue weighted by Gasteiger charge is 2.45. The van der Waals surface area contributed by atoms with Gasteiger partial charge in [-0.1, -0.05) is 55.5 Å². The summed E-state index contributed by atoms with van der Waals surface area (Å²) in [6.45, 7) is 1.78. The average Bonchev–Trinajstić information content (AvgIpc) is 3.21. The first kappa shape index (κ1) is 24.5. The van der Waals surface area contributed by atoms with E-state index in [4.69, 9.17) is 0 Å². The standard InChI is InChI=1S/C25H28N2O5S/c1-2-19(24(30)27-21(25(31)32)13-14-22(27)28)20(16-33-15-17-9-5-3-6-10-17)23(29)26-18-11-7-4-8-12-18/h3-12,19-21H,2,13-16H2,1H3,(H,26,29)(H,31,32)/t19?,20?,21-/m0/s1. The van der Waals surface area contributed by atoms with Gasteiger partial charge >= 0.3 is 5.97 Å². The molecule has 0 bridgehead atoms. The molecule has 3 atom stereocenters. The number of hydrogen-bond acceptors (Lipinski definition) is 5. The van der Waals surface area contributed by atoms with E-state index < -0.39 is 35.7 Å². The van der Waals surface area contributed by atoms with Crippen molar-refractivity contribution >= 4 is 41.1 Å². The Morgan fingerprint density at radius 1 is 1.06 bits per heavy atom. The van der Waals surface area contributed by atoms with Crippen LogP contribution in [0.5, 0.6) is 0 Å². The molecule has 0 aliphatic carbocycles. The lowest BCUT2D eigenvalue weighted by atomic mass is 9.88. The Morgan fingerprint density at radius 3 is 2.30 bits per heavy atom. The van der Waals surface area contributed by atoms with E-state index in [-0.39, 0.29) is 18.7 Å². The summed E-state index contributed by atoms with van der Waals surface area (Å²) in [5.74, 6) is -3.10. The normalized spacial score (nSPS) is 17.4. The van der Waals surface area contributed by atoms with Crippen LogP contribution in [0.2, 0.25) is 0 Å². The molecule has 0 radical (unpaired) electrons. The van der Waals surface area contributed by atoms with Crippen molar-refractivity contribution in [2.24, 2.45) is 11.8 Å². The maximum absolute atomic E-state index is 13.4. The molecule has 7 nitrogen and oxygen atoms in total. The summed E-state index contributed by atoms with van der Waals surface area (Å²) in [5, 5.41) is 12.4. The van der Waals surface area contributed by atoms with Gasteiger partial charge in [-0.25, -0.2) is 4.79 Å². The lowest BCUT2D eigenvalue weighted by Crippen LogP contribution is -2.49. The molecule has 0 spiro atoms. The number of rotatable bonds is 10. The smallest absolute Gasteiger partial charge is 0.326 e. The number of carbonyl (C=O) groups is 4. The molecule has 0 aromatic heterocycles. The monoisotopic (exact) mass is 468 g/mol. The van der Waals surface area contributed by atoms with E-state index >= 15 is 0 Å². The minimum atomic E-state index is -1.20. The van der Waals surface area contributed by atoms with Crippen molar-refractivity contribution in [2.45, 2.75) is 38.0 Å². The molecule has 0 saturated carbocycles. The fourth-order valence-electron chi connectivity index (χ4n) is 4.01. The fraction of sp³-hybridized carbons (Fsp3) is 0.360. The maximum atomic E-state index is 13.4. The van der Waals surface area contributed by atoms with E-state index in [1.807, 2.05) is 36.4 Å². The van der Waals surface area contributed by atoms with Gasteiger partial charge in [0.1, 0.15) is 6.04 Å². The first-order valence-electron chi connectivity index (χ1n) is 11.0. The Balaban J connectivity index is 1.81. The van der Waals surface area contributed by atoms with E-state index in [0.717, 1.165) is 10.5 Å². The van der Waals surface area contributed by atoms with Crippen LogP contribution in [0.25, 0.3) is 0 Å². The Kier molecular flexibility index (Phi) is 8.65. The molecular formula is C25H28N2O5S. The number of anilines is 1. The highest BCUT2D eigenvalue weighted by molar-refractivity contribution is 7.98. The molecule has 3 amide bonds. The molecule has 1 fully saturated rings. The lowest BCUT2D eigenvalue weighted by Gasteiger charge is -2.29. The van der Waals surface area contributed by atoms with Crippen molar-refractivity contribution < 1.29 is 24.3 Å². The number of thioether (sulfide) groups is 1. The molecule has 33 heavy (non-hydrogen) atoms. The highest BCUT2D eigenvalue weighted by atomic mass is 32.2. The zero-order valence-corrected chi connectivity index (χ0v) is 19.3. The molecule has 1 aliphatic rings. The van der Waals surface area contributed by atoms with Crippen LogP contribution in [0, 0.1) is 11.8 Å². The topological polar surface area (TPSA) is 104 Å². The third-order valence-corrected chi connectivity index (χ3v) is 6.90. The summed E-state index contributed by atoms with van der Waals surface area (Å²) in [6.07, 6.45) is 0.427. The third-order valence-electron chi connectivity index (χ3n) is 5.76. The van der Waals surface area contributed by atoms with Gasteiger partial charge in [0.2, 0.25) is 17.7 Å². The molecule has 2 aromatic carbocycles. The number of nitrogens with one attached hydrogen (secondary N) is 1. The number of benzene rings is 2. The summed E-state index contributed by atoms with van der Waals surface area (Å²) in [7, 11) is 0. The first-order valence-corrected chi connectivity index (χ1v) is 12.1. The number of para-hydroxylation sites is 1. The predicted molar refractivity (Wildman–Crippen MR) is 127 cm³/mol. The van der Waals surface area contributed by atoms with Gasteiger partial charge < -0.3 is 10.4 Å². The number of imide groups is 1. The van der Waals surface area contributed by atoms with Crippen LogP contribution in [0.1, 0.15) is 31.7 Å². The molecule has 1 saturated heterocycles. The van der Waals surface area contributed by atoms with Gasteiger partial charge in [0.05, 0.1) is 11.8 Å². The minimum Gasteiger partial charge on any atom is -0.480 e. The van der Waals surface area contributed by atoms with Crippen LogP contribution in [0.4, 0.5) is 5.69 Å². The number of carboxylic acid groups (broad SMARTS) is 1. The number of aliphatic carboxylic acids is 1. The molecule has 1 heterocycles. The fourth-order valence-corrected chi connectivity index (χ4v) is 5.20. The zero-order chi connectivity index (χ0) is 23.8. The van der Waals surface area contributed by atoms with E-state index in [2.05, 4.69) is 5.32 Å². The zero-order valence-electron chi connectivity index (χ0n) is 18.5.